The molecule has 0 saturated carbocycles. The lowest BCUT2D eigenvalue weighted by molar-refractivity contribution is -0.274. The molecule has 2 unspecified atom stereocenters. The van der Waals surface area contributed by atoms with Gasteiger partial charge in [-0.2, -0.15) is 4.98 Å². The van der Waals surface area contributed by atoms with Crippen LogP contribution in [0.3, 0.4) is 0 Å². The summed E-state index contributed by atoms with van der Waals surface area (Å²) in [5.41, 5.74) is 0.774. The van der Waals surface area contributed by atoms with Gasteiger partial charge in [-0.1, -0.05) is 0 Å². The van der Waals surface area contributed by atoms with Gasteiger partial charge in [-0.15, -0.1) is 24.5 Å². The molecule has 10 heteroatoms. The number of nitrogens with one attached hydrogen (secondary N) is 1. The Morgan fingerprint density at radius 3 is 2.74 bits per heavy atom. The van der Waals surface area contributed by atoms with Crippen molar-refractivity contribution in [1.29, 1.82) is 0 Å². The summed E-state index contributed by atoms with van der Waals surface area (Å²) in [6.45, 7) is 1.41. The normalized spacial score (nSPS) is 22.6. The first-order valence-corrected chi connectivity index (χ1v) is 9.36. The average Bonchev–Trinajstić information content (AvgIpc) is 3.34. The molecule has 27 heavy (non-hydrogen) atoms. The molecular formula is C17H14F3N4O2S. The zero-order chi connectivity index (χ0) is 18.6. The molecule has 0 amide bonds. The predicted molar refractivity (Wildman–Crippen MR) is 92.8 cm³/mol. The number of anilines is 1. The van der Waals surface area contributed by atoms with Crippen LogP contribution < -0.4 is 15.0 Å². The minimum absolute atomic E-state index is 0.000838. The SMILES string of the molecule is FC(F)(F)Oc1[c]cc(-c2nccs2)c2oc(N3CC4CCC(C3)N4)nc12. The van der Waals surface area contributed by atoms with Crippen LogP contribution in [0, 0.1) is 6.07 Å². The largest absolute Gasteiger partial charge is 0.573 e. The molecule has 5 rings (SSSR count). The summed E-state index contributed by atoms with van der Waals surface area (Å²) in [6.07, 6.45) is -1.07. The molecule has 2 aliphatic heterocycles. The number of alkyl halides is 3. The topological polar surface area (TPSA) is 63.4 Å². The molecule has 0 aliphatic carbocycles. The van der Waals surface area contributed by atoms with E-state index in [1.165, 1.54) is 17.4 Å². The number of piperazine rings is 1. The molecule has 0 spiro atoms. The molecule has 2 atom stereocenters. The first kappa shape index (κ1) is 16.8. The fourth-order valence-electron chi connectivity index (χ4n) is 3.71. The molecule has 4 heterocycles. The second-order valence-electron chi connectivity index (χ2n) is 6.63. The maximum absolute atomic E-state index is 12.8. The molecule has 2 fully saturated rings. The van der Waals surface area contributed by atoms with Gasteiger partial charge in [0.15, 0.2) is 16.8 Å². The number of oxazole rings is 1. The second-order valence-corrected chi connectivity index (χ2v) is 7.53. The highest BCUT2D eigenvalue weighted by Gasteiger charge is 2.36. The van der Waals surface area contributed by atoms with E-state index in [4.69, 9.17) is 4.42 Å². The molecule has 1 N–H and O–H groups in total. The van der Waals surface area contributed by atoms with Crippen molar-refractivity contribution >= 4 is 28.5 Å². The summed E-state index contributed by atoms with van der Waals surface area (Å²) >= 11 is 1.36. The van der Waals surface area contributed by atoms with E-state index in [0.29, 0.717) is 41.8 Å². The van der Waals surface area contributed by atoms with Crippen molar-refractivity contribution in [2.75, 3.05) is 18.0 Å². The van der Waals surface area contributed by atoms with Gasteiger partial charge in [0.2, 0.25) is 0 Å². The maximum atomic E-state index is 12.8. The lowest BCUT2D eigenvalue weighted by atomic mass is 10.2. The van der Waals surface area contributed by atoms with Crippen molar-refractivity contribution in [1.82, 2.24) is 15.3 Å². The smallest absolute Gasteiger partial charge is 0.422 e. The van der Waals surface area contributed by atoms with Crippen molar-refractivity contribution in [3.8, 4) is 16.3 Å². The van der Waals surface area contributed by atoms with Gasteiger partial charge in [-0.25, -0.2) is 4.98 Å². The van der Waals surface area contributed by atoms with E-state index in [1.54, 1.807) is 11.6 Å². The summed E-state index contributed by atoms with van der Waals surface area (Å²) in [4.78, 5) is 10.5. The first-order valence-electron chi connectivity index (χ1n) is 8.48. The van der Waals surface area contributed by atoms with Crippen LogP contribution in [0.25, 0.3) is 21.7 Å². The Balaban J connectivity index is 1.61. The molecule has 2 saturated heterocycles. The van der Waals surface area contributed by atoms with Gasteiger partial charge in [0.05, 0.1) is 5.56 Å². The fraction of sp³-hybridized carbons (Fsp3) is 0.412. The van der Waals surface area contributed by atoms with Gasteiger partial charge in [0.1, 0.15) is 5.01 Å². The Bertz CT molecular complexity index is 961. The van der Waals surface area contributed by atoms with E-state index in [9.17, 15) is 13.2 Å². The molecule has 6 nitrogen and oxygen atoms in total. The van der Waals surface area contributed by atoms with Gasteiger partial charge >= 0.3 is 6.36 Å². The quantitative estimate of drug-likeness (QED) is 0.731. The summed E-state index contributed by atoms with van der Waals surface area (Å²) in [7, 11) is 0. The van der Waals surface area contributed by atoms with E-state index in [2.05, 4.69) is 26.1 Å². The van der Waals surface area contributed by atoms with Crippen molar-refractivity contribution in [2.24, 2.45) is 0 Å². The number of hydrogen-bond donors (Lipinski definition) is 1. The van der Waals surface area contributed by atoms with Crippen molar-refractivity contribution < 1.29 is 22.3 Å². The lowest BCUT2D eigenvalue weighted by Gasteiger charge is -2.31. The Labute approximate surface area is 156 Å². The van der Waals surface area contributed by atoms with Crippen LogP contribution >= 0.6 is 11.3 Å². The lowest BCUT2D eigenvalue weighted by Crippen LogP contribution is -2.51. The minimum atomic E-state index is -4.83. The molecule has 141 valence electrons. The van der Waals surface area contributed by atoms with E-state index < -0.39 is 12.1 Å². The minimum Gasteiger partial charge on any atom is -0.422 e. The molecule has 1 aromatic carbocycles. The van der Waals surface area contributed by atoms with Crippen molar-refractivity contribution in [2.45, 2.75) is 31.3 Å². The van der Waals surface area contributed by atoms with Crippen molar-refractivity contribution in [3.05, 3.63) is 23.7 Å². The number of benzene rings is 1. The van der Waals surface area contributed by atoms with Crippen molar-refractivity contribution in [3.63, 3.8) is 0 Å². The first-order chi connectivity index (χ1) is 13.0. The van der Waals surface area contributed by atoms with Crippen LogP contribution in [0.4, 0.5) is 19.2 Å². The standard InChI is InChI=1S/C17H14F3N4O2S/c18-17(19,20)26-12-4-3-11(15-21-5-6-27-15)14-13(12)23-16(25-14)24-7-9-1-2-10(8-24)22-9/h3,5-6,9-10,22H,1-2,7-8H2. The number of rotatable bonds is 3. The zero-order valence-electron chi connectivity index (χ0n) is 13.9. The molecule has 1 radical (unpaired) electrons. The highest BCUT2D eigenvalue weighted by molar-refractivity contribution is 7.13. The Morgan fingerprint density at radius 1 is 1.30 bits per heavy atom. The number of nitrogens with zero attached hydrogens (tertiary/aromatic N) is 3. The van der Waals surface area contributed by atoms with Gasteiger partial charge in [0, 0.05) is 42.8 Å². The maximum Gasteiger partial charge on any atom is 0.573 e. The number of fused-ring (bicyclic) bond motifs is 3. The number of thiazole rings is 1. The van der Waals surface area contributed by atoms with E-state index in [0.717, 1.165) is 12.8 Å². The van der Waals surface area contributed by atoms with Crippen LogP contribution in [0.1, 0.15) is 12.8 Å². The van der Waals surface area contributed by atoms with Gasteiger partial charge < -0.3 is 19.4 Å². The molecule has 2 aliphatic rings. The van der Waals surface area contributed by atoms with Gasteiger partial charge in [0.25, 0.3) is 6.01 Å². The highest BCUT2D eigenvalue weighted by atomic mass is 32.1. The average molecular weight is 395 g/mol. The molecule has 2 aromatic heterocycles. The Hall–Kier alpha value is -2.33. The van der Waals surface area contributed by atoms with Gasteiger partial charge in [-0.05, 0) is 18.9 Å². The number of ether oxygens (including phenoxy) is 1. The third kappa shape index (κ3) is 3.12. The molecule has 2 bridgehead atoms. The number of hydrogen-bond acceptors (Lipinski definition) is 7. The van der Waals surface area contributed by atoms with Crippen LogP contribution in [0.5, 0.6) is 5.75 Å². The van der Waals surface area contributed by atoms with E-state index in [1.807, 2.05) is 4.90 Å². The Kier molecular flexibility index (Phi) is 3.80. The third-order valence-electron chi connectivity index (χ3n) is 4.79. The summed E-state index contributed by atoms with van der Waals surface area (Å²) in [6, 6.07) is 4.93. The third-order valence-corrected chi connectivity index (χ3v) is 5.60. The van der Waals surface area contributed by atoms with Crippen LogP contribution in [-0.2, 0) is 0 Å². The number of halogens is 3. The molecular weight excluding hydrogens is 381 g/mol. The molecule has 3 aromatic rings. The van der Waals surface area contributed by atoms with Gasteiger partial charge in [-0.3, -0.25) is 0 Å². The summed E-state index contributed by atoms with van der Waals surface area (Å²) in [5, 5.41) is 5.91. The fourth-order valence-corrected chi connectivity index (χ4v) is 4.37. The van der Waals surface area contributed by atoms with E-state index in [-0.39, 0.29) is 11.1 Å². The van der Waals surface area contributed by atoms with Crippen LogP contribution in [-0.4, -0.2) is 41.5 Å². The zero-order valence-corrected chi connectivity index (χ0v) is 14.7. The Morgan fingerprint density at radius 2 is 2.07 bits per heavy atom. The van der Waals surface area contributed by atoms with E-state index >= 15 is 0 Å². The predicted octanol–water partition coefficient (Wildman–Crippen LogP) is 3.59. The number of aromatic nitrogens is 2. The second kappa shape index (κ2) is 6.10. The van der Waals surface area contributed by atoms with Crippen LogP contribution in [0.2, 0.25) is 0 Å². The monoisotopic (exact) mass is 395 g/mol. The highest BCUT2D eigenvalue weighted by Crippen LogP contribution is 2.39. The summed E-state index contributed by atoms with van der Waals surface area (Å²) in [5.74, 6) is -0.495. The summed E-state index contributed by atoms with van der Waals surface area (Å²) < 4.78 is 48.4. The van der Waals surface area contributed by atoms with Crippen LogP contribution in [0.15, 0.2) is 22.1 Å².